The maximum atomic E-state index is 12.9. The Morgan fingerprint density at radius 2 is 2.22 bits per heavy atom. The third-order valence-corrected chi connectivity index (χ3v) is 2.99. The van der Waals surface area contributed by atoms with E-state index >= 15 is 0 Å². The smallest absolute Gasteiger partial charge is 0.428 e. The van der Waals surface area contributed by atoms with E-state index < -0.39 is 18.3 Å². The standard InChI is InChI=1S/C13H12F4N4OS/c1-2-10-19-20-12(23)21(10)18-7-8-4-3-5-9(6-8)22-13(16,17)11(14)15/h3-7,11H,2H2,1H3,(H,20,23). The van der Waals surface area contributed by atoms with Crippen molar-refractivity contribution in [3.05, 3.63) is 40.4 Å². The summed E-state index contributed by atoms with van der Waals surface area (Å²) < 4.78 is 55.7. The van der Waals surface area contributed by atoms with Crippen LogP contribution in [0.3, 0.4) is 0 Å². The van der Waals surface area contributed by atoms with Gasteiger partial charge < -0.3 is 4.74 Å². The van der Waals surface area contributed by atoms with Crippen molar-refractivity contribution < 1.29 is 22.3 Å². The van der Waals surface area contributed by atoms with E-state index in [0.717, 1.165) is 12.1 Å². The van der Waals surface area contributed by atoms with Crippen LogP contribution in [0.2, 0.25) is 0 Å². The van der Waals surface area contributed by atoms with E-state index in [9.17, 15) is 17.6 Å². The SMILES string of the molecule is CCc1n[nH]c(=S)n1N=Cc1cccc(OC(F)(F)C(F)F)c1. The summed E-state index contributed by atoms with van der Waals surface area (Å²) in [6, 6.07) is 5.24. The van der Waals surface area contributed by atoms with Gasteiger partial charge in [-0.3, -0.25) is 5.10 Å². The number of benzene rings is 1. The van der Waals surface area contributed by atoms with Crippen molar-refractivity contribution in [3.8, 4) is 5.75 Å². The maximum absolute atomic E-state index is 12.9. The number of halogens is 4. The van der Waals surface area contributed by atoms with Crippen LogP contribution in [0.25, 0.3) is 0 Å². The average Bonchev–Trinajstić information content (AvgIpc) is 2.85. The zero-order chi connectivity index (χ0) is 17.0. The molecule has 23 heavy (non-hydrogen) atoms. The Hall–Kier alpha value is -2.23. The summed E-state index contributed by atoms with van der Waals surface area (Å²) in [5.74, 6) is 0.189. The lowest BCUT2D eigenvalue weighted by molar-refractivity contribution is -0.253. The fourth-order valence-corrected chi connectivity index (χ4v) is 1.85. The Morgan fingerprint density at radius 3 is 2.87 bits per heavy atom. The van der Waals surface area contributed by atoms with Crippen molar-refractivity contribution in [1.82, 2.24) is 14.9 Å². The van der Waals surface area contributed by atoms with Crippen molar-refractivity contribution in [2.24, 2.45) is 5.10 Å². The molecule has 0 aliphatic carbocycles. The number of H-pyrrole nitrogens is 1. The lowest BCUT2D eigenvalue weighted by Crippen LogP contribution is -2.33. The highest BCUT2D eigenvalue weighted by Gasteiger charge is 2.43. The van der Waals surface area contributed by atoms with Crippen LogP contribution in [0.4, 0.5) is 17.6 Å². The Labute approximate surface area is 133 Å². The molecule has 0 radical (unpaired) electrons. The molecular formula is C13H12F4N4OS. The number of aromatic nitrogens is 3. The summed E-state index contributed by atoms with van der Waals surface area (Å²) in [6.45, 7) is 1.86. The summed E-state index contributed by atoms with van der Waals surface area (Å²) in [6.07, 6.45) is -6.57. The molecule has 5 nitrogen and oxygen atoms in total. The fourth-order valence-electron chi connectivity index (χ4n) is 1.66. The second-order valence-electron chi connectivity index (χ2n) is 4.39. The first kappa shape index (κ1) is 17.1. The molecule has 0 saturated heterocycles. The van der Waals surface area contributed by atoms with Gasteiger partial charge in [0, 0.05) is 6.42 Å². The molecule has 0 atom stereocenters. The molecule has 2 rings (SSSR count). The lowest BCUT2D eigenvalue weighted by Gasteiger charge is -2.16. The quantitative estimate of drug-likeness (QED) is 0.493. The second-order valence-corrected chi connectivity index (χ2v) is 4.78. The molecule has 0 aliphatic rings. The summed E-state index contributed by atoms with van der Waals surface area (Å²) in [5.41, 5.74) is 0.373. The van der Waals surface area contributed by atoms with Crippen LogP contribution in [0, 0.1) is 4.77 Å². The van der Waals surface area contributed by atoms with Crippen LogP contribution < -0.4 is 4.74 Å². The third kappa shape index (κ3) is 4.15. The highest BCUT2D eigenvalue weighted by atomic mass is 32.1. The summed E-state index contributed by atoms with van der Waals surface area (Å²) in [4.78, 5) is 0. The monoisotopic (exact) mass is 348 g/mol. The van der Waals surface area contributed by atoms with Gasteiger partial charge in [-0.2, -0.15) is 32.4 Å². The molecule has 10 heteroatoms. The van der Waals surface area contributed by atoms with Gasteiger partial charge >= 0.3 is 12.5 Å². The summed E-state index contributed by atoms with van der Waals surface area (Å²) >= 11 is 5.00. The molecule has 1 aromatic carbocycles. The molecule has 1 heterocycles. The predicted octanol–water partition coefficient (Wildman–Crippen LogP) is 3.62. The highest BCUT2D eigenvalue weighted by molar-refractivity contribution is 7.71. The Bertz CT molecular complexity index is 756. The second kappa shape index (κ2) is 6.90. The van der Waals surface area contributed by atoms with Crippen LogP contribution >= 0.6 is 12.2 Å². The number of nitrogens with one attached hydrogen (secondary N) is 1. The Kier molecular flexibility index (Phi) is 5.14. The largest absolute Gasteiger partial charge is 0.461 e. The molecule has 0 unspecified atom stereocenters. The van der Waals surface area contributed by atoms with Crippen molar-refractivity contribution in [2.75, 3.05) is 0 Å². The Balaban J connectivity index is 2.22. The van der Waals surface area contributed by atoms with Crippen LogP contribution in [0.5, 0.6) is 5.75 Å². The molecule has 0 fully saturated rings. The summed E-state index contributed by atoms with van der Waals surface area (Å²) in [7, 11) is 0. The average molecular weight is 348 g/mol. The van der Waals surface area contributed by atoms with E-state index in [4.69, 9.17) is 12.2 Å². The van der Waals surface area contributed by atoms with Crippen molar-refractivity contribution >= 4 is 18.4 Å². The zero-order valence-corrected chi connectivity index (χ0v) is 12.7. The fraction of sp³-hybridized carbons (Fsp3) is 0.308. The van der Waals surface area contributed by atoms with E-state index in [1.165, 1.54) is 17.0 Å². The number of rotatable bonds is 6. The number of alkyl halides is 4. The van der Waals surface area contributed by atoms with E-state index in [1.54, 1.807) is 6.07 Å². The van der Waals surface area contributed by atoms with Gasteiger partial charge in [0.2, 0.25) is 4.77 Å². The number of ether oxygens (including phenoxy) is 1. The van der Waals surface area contributed by atoms with Gasteiger partial charge in [-0.1, -0.05) is 19.1 Å². The molecular weight excluding hydrogens is 336 g/mol. The Morgan fingerprint density at radius 1 is 1.48 bits per heavy atom. The van der Waals surface area contributed by atoms with Gasteiger partial charge in [-0.25, -0.2) is 0 Å². The molecule has 0 aliphatic heterocycles. The van der Waals surface area contributed by atoms with Gasteiger partial charge in [-0.05, 0) is 29.9 Å². The van der Waals surface area contributed by atoms with Gasteiger partial charge in [-0.15, -0.1) is 0 Å². The first-order chi connectivity index (χ1) is 10.8. The van der Waals surface area contributed by atoms with Gasteiger partial charge in [0.1, 0.15) is 5.75 Å². The minimum Gasteiger partial charge on any atom is -0.428 e. The number of hydrogen-bond acceptors (Lipinski definition) is 4. The predicted molar refractivity (Wildman–Crippen MR) is 77.8 cm³/mol. The number of nitrogens with zero attached hydrogens (tertiary/aromatic N) is 3. The first-order valence-corrected chi connectivity index (χ1v) is 6.90. The lowest BCUT2D eigenvalue weighted by atomic mass is 10.2. The van der Waals surface area contributed by atoms with E-state index in [-0.39, 0.29) is 4.77 Å². The van der Waals surface area contributed by atoms with E-state index in [0.29, 0.717) is 17.8 Å². The van der Waals surface area contributed by atoms with Gasteiger partial charge in [0.25, 0.3) is 0 Å². The van der Waals surface area contributed by atoms with Crippen LogP contribution in [-0.4, -0.2) is 33.6 Å². The normalized spacial score (nSPS) is 12.3. The van der Waals surface area contributed by atoms with Crippen LogP contribution in [0.15, 0.2) is 29.4 Å². The van der Waals surface area contributed by atoms with Crippen molar-refractivity contribution in [1.29, 1.82) is 0 Å². The molecule has 124 valence electrons. The molecule has 0 spiro atoms. The maximum Gasteiger partial charge on any atom is 0.461 e. The molecule has 1 N–H and O–H groups in total. The number of aryl methyl sites for hydroxylation is 1. The topological polar surface area (TPSA) is 55.2 Å². The highest BCUT2D eigenvalue weighted by Crippen LogP contribution is 2.27. The minimum atomic E-state index is -4.56. The van der Waals surface area contributed by atoms with Gasteiger partial charge in [0.15, 0.2) is 5.82 Å². The van der Waals surface area contributed by atoms with Crippen molar-refractivity contribution in [2.45, 2.75) is 25.9 Å². The van der Waals surface area contributed by atoms with Crippen LogP contribution in [0.1, 0.15) is 18.3 Å². The number of hydrogen-bond donors (Lipinski definition) is 1. The van der Waals surface area contributed by atoms with E-state index in [1.807, 2.05) is 6.92 Å². The first-order valence-electron chi connectivity index (χ1n) is 6.49. The van der Waals surface area contributed by atoms with Crippen molar-refractivity contribution in [3.63, 3.8) is 0 Å². The van der Waals surface area contributed by atoms with E-state index in [2.05, 4.69) is 20.0 Å². The zero-order valence-electron chi connectivity index (χ0n) is 11.8. The minimum absolute atomic E-state index is 0.273. The molecule has 0 bridgehead atoms. The molecule has 0 amide bonds. The van der Waals surface area contributed by atoms with Gasteiger partial charge in [0.05, 0.1) is 6.21 Å². The third-order valence-electron chi connectivity index (χ3n) is 2.72. The molecule has 2 aromatic rings. The summed E-state index contributed by atoms with van der Waals surface area (Å²) in [5, 5.41) is 10.6. The van der Waals surface area contributed by atoms with Crippen LogP contribution in [-0.2, 0) is 6.42 Å². The number of aromatic amines is 1. The molecule has 0 saturated carbocycles. The molecule has 1 aromatic heterocycles.